The number of thioether (sulfide) groups is 1. The molecule has 9 heteroatoms. The molecule has 0 aromatic heterocycles. The Morgan fingerprint density at radius 3 is 2.58 bits per heavy atom. The van der Waals surface area contributed by atoms with E-state index in [1.54, 1.807) is 62.4 Å². The summed E-state index contributed by atoms with van der Waals surface area (Å²) >= 11 is 4.22. The molecule has 2 aromatic rings. The number of aliphatic carboxylic acids is 1. The number of nitrogens with zero attached hydrogens (tertiary/aromatic N) is 1. The van der Waals surface area contributed by atoms with E-state index < -0.39 is 18.0 Å². The van der Waals surface area contributed by atoms with Crippen LogP contribution >= 0.6 is 27.7 Å². The van der Waals surface area contributed by atoms with Crippen LogP contribution in [0.15, 0.2) is 51.8 Å². The zero-order valence-electron chi connectivity index (χ0n) is 16.8. The highest BCUT2D eigenvalue weighted by molar-refractivity contribution is 9.10. The van der Waals surface area contributed by atoms with Gasteiger partial charge in [0.15, 0.2) is 17.6 Å². The number of halogens is 1. The van der Waals surface area contributed by atoms with Gasteiger partial charge in [0.25, 0.3) is 11.1 Å². The van der Waals surface area contributed by atoms with Gasteiger partial charge in [-0.15, -0.1) is 0 Å². The summed E-state index contributed by atoms with van der Waals surface area (Å²) in [4.78, 5) is 38.1. The van der Waals surface area contributed by atoms with Crippen molar-refractivity contribution in [1.29, 1.82) is 0 Å². The second-order valence-corrected chi connectivity index (χ2v) is 8.31. The summed E-state index contributed by atoms with van der Waals surface area (Å²) in [7, 11) is 0. The van der Waals surface area contributed by atoms with Crippen LogP contribution < -0.4 is 14.4 Å². The molecule has 1 fully saturated rings. The number of ether oxygens (including phenoxy) is 2. The van der Waals surface area contributed by atoms with E-state index in [0.717, 1.165) is 16.7 Å². The van der Waals surface area contributed by atoms with Gasteiger partial charge in [0.1, 0.15) is 0 Å². The van der Waals surface area contributed by atoms with Crippen LogP contribution in [0.1, 0.15) is 25.8 Å². The molecule has 3 rings (SSSR count). The molecule has 0 spiro atoms. The molecule has 1 atom stereocenters. The molecule has 1 unspecified atom stereocenters. The predicted molar refractivity (Wildman–Crippen MR) is 123 cm³/mol. The smallest absolute Gasteiger partial charge is 0.344 e. The highest BCUT2D eigenvalue weighted by atomic mass is 79.9. The molecule has 162 valence electrons. The molecule has 1 aliphatic rings. The second kappa shape index (κ2) is 10.0. The SMILES string of the molecule is CCOc1cc(/C=C2/SC(=O)N(c3ccccc3Br)C2=O)ccc1OC(CC)C(=O)O. The van der Waals surface area contributed by atoms with E-state index in [1.165, 1.54) is 0 Å². The lowest BCUT2D eigenvalue weighted by Crippen LogP contribution is -2.27. The maximum atomic E-state index is 12.9. The van der Waals surface area contributed by atoms with Crippen molar-refractivity contribution in [3.8, 4) is 11.5 Å². The van der Waals surface area contributed by atoms with Gasteiger partial charge in [0.05, 0.1) is 17.2 Å². The molecular formula is C22H20BrNO6S. The third-order valence-electron chi connectivity index (χ3n) is 4.37. The van der Waals surface area contributed by atoms with Crippen molar-refractivity contribution >= 4 is 56.6 Å². The number of hydrogen-bond acceptors (Lipinski definition) is 6. The number of anilines is 1. The fourth-order valence-electron chi connectivity index (χ4n) is 2.90. The van der Waals surface area contributed by atoms with Gasteiger partial charge in [-0.05, 0) is 76.9 Å². The summed E-state index contributed by atoms with van der Waals surface area (Å²) < 4.78 is 11.8. The molecule has 7 nitrogen and oxygen atoms in total. The molecule has 0 aliphatic carbocycles. The van der Waals surface area contributed by atoms with E-state index >= 15 is 0 Å². The maximum absolute atomic E-state index is 12.9. The molecule has 1 saturated heterocycles. The number of carbonyl (C=O) groups excluding carboxylic acids is 2. The number of amides is 2. The number of carbonyl (C=O) groups is 3. The standard InChI is InChI=1S/C22H20BrNO6S/c1-3-16(21(26)27)30-17-10-9-13(11-18(17)29-4-2)12-19-20(25)24(22(28)31-19)15-8-6-5-7-14(15)23/h5-12,16H,3-4H2,1-2H3,(H,26,27)/b19-12+. The molecule has 1 aliphatic heterocycles. The van der Waals surface area contributed by atoms with E-state index in [4.69, 9.17) is 9.47 Å². The van der Waals surface area contributed by atoms with Crippen molar-refractivity contribution < 1.29 is 29.0 Å². The van der Waals surface area contributed by atoms with Crippen LogP contribution in [0.3, 0.4) is 0 Å². The van der Waals surface area contributed by atoms with Gasteiger partial charge in [-0.1, -0.05) is 25.1 Å². The molecule has 0 bridgehead atoms. The van der Waals surface area contributed by atoms with Crippen molar-refractivity contribution in [2.24, 2.45) is 0 Å². The predicted octanol–water partition coefficient (Wildman–Crippen LogP) is 5.33. The lowest BCUT2D eigenvalue weighted by atomic mass is 10.1. The van der Waals surface area contributed by atoms with Crippen LogP contribution in [0.2, 0.25) is 0 Å². The normalized spacial score (nSPS) is 16.0. The molecule has 2 aromatic carbocycles. The second-order valence-electron chi connectivity index (χ2n) is 6.46. The van der Waals surface area contributed by atoms with Crippen molar-refractivity contribution in [2.45, 2.75) is 26.4 Å². The third kappa shape index (κ3) is 5.11. The van der Waals surface area contributed by atoms with Crippen molar-refractivity contribution in [1.82, 2.24) is 0 Å². The molecular weight excluding hydrogens is 486 g/mol. The number of para-hydroxylation sites is 1. The Morgan fingerprint density at radius 1 is 1.19 bits per heavy atom. The quantitative estimate of drug-likeness (QED) is 0.484. The summed E-state index contributed by atoms with van der Waals surface area (Å²) in [6.45, 7) is 3.87. The Morgan fingerprint density at radius 2 is 1.94 bits per heavy atom. The zero-order valence-corrected chi connectivity index (χ0v) is 19.2. The Labute approximate surface area is 192 Å². The summed E-state index contributed by atoms with van der Waals surface area (Å²) in [5.74, 6) is -0.817. The Hall–Kier alpha value is -2.78. The van der Waals surface area contributed by atoms with E-state index in [9.17, 15) is 19.5 Å². The Balaban J connectivity index is 1.90. The fourth-order valence-corrected chi connectivity index (χ4v) is 4.20. The third-order valence-corrected chi connectivity index (χ3v) is 5.91. The van der Waals surface area contributed by atoms with Gasteiger partial charge in [-0.3, -0.25) is 9.59 Å². The van der Waals surface area contributed by atoms with Gasteiger partial charge < -0.3 is 14.6 Å². The van der Waals surface area contributed by atoms with Crippen LogP contribution in [0.5, 0.6) is 11.5 Å². The van der Waals surface area contributed by atoms with Crippen LogP contribution in [0, 0.1) is 0 Å². The summed E-state index contributed by atoms with van der Waals surface area (Å²) in [5, 5.41) is 8.85. The monoisotopic (exact) mass is 505 g/mol. The van der Waals surface area contributed by atoms with E-state index in [2.05, 4.69) is 15.9 Å². The molecule has 0 saturated carbocycles. The lowest BCUT2D eigenvalue weighted by Gasteiger charge is -2.17. The summed E-state index contributed by atoms with van der Waals surface area (Å²) in [6, 6.07) is 11.9. The van der Waals surface area contributed by atoms with E-state index in [-0.39, 0.29) is 10.1 Å². The van der Waals surface area contributed by atoms with Crippen LogP contribution in [-0.4, -0.2) is 34.9 Å². The van der Waals surface area contributed by atoms with Crippen molar-refractivity contribution in [3.05, 3.63) is 57.4 Å². The molecule has 31 heavy (non-hydrogen) atoms. The molecule has 2 amide bonds. The highest BCUT2D eigenvalue weighted by Crippen LogP contribution is 2.39. The molecule has 0 radical (unpaired) electrons. The van der Waals surface area contributed by atoms with Gasteiger partial charge in [-0.2, -0.15) is 0 Å². The lowest BCUT2D eigenvalue weighted by molar-refractivity contribution is -0.145. The van der Waals surface area contributed by atoms with Crippen LogP contribution in [-0.2, 0) is 9.59 Å². The van der Waals surface area contributed by atoms with Gasteiger partial charge in [0.2, 0.25) is 0 Å². The van der Waals surface area contributed by atoms with Crippen molar-refractivity contribution in [2.75, 3.05) is 11.5 Å². The van der Waals surface area contributed by atoms with Crippen molar-refractivity contribution in [3.63, 3.8) is 0 Å². The summed E-state index contributed by atoms with van der Waals surface area (Å²) in [5.41, 5.74) is 1.10. The number of hydrogen-bond donors (Lipinski definition) is 1. The Bertz CT molecular complexity index is 1050. The minimum atomic E-state index is -1.06. The first-order chi connectivity index (χ1) is 14.8. The first-order valence-electron chi connectivity index (χ1n) is 9.54. The highest BCUT2D eigenvalue weighted by Gasteiger charge is 2.37. The maximum Gasteiger partial charge on any atom is 0.344 e. The number of rotatable bonds is 8. The molecule has 1 heterocycles. The fraction of sp³-hybridized carbons (Fsp3) is 0.227. The van der Waals surface area contributed by atoms with Crippen LogP contribution in [0.25, 0.3) is 6.08 Å². The van der Waals surface area contributed by atoms with Gasteiger partial charge in [-0.25, -0.2) is 9.69 Å². The molecule has 1 N–H and O–H groups in total. The largest absolute Gasteiger partial charge is 0.490 e. The first-order valence-corrected chi connectivity index (χ1v) is 11.2. The number of imide groups is 1. The zero-order chi connectivity index (χ0) is 22.5. The number of carboxylic acid groups (broad SMARTS) is 1. The van der Waals surface area contributed by atoms with E-state index in [0.29, 0.717) is 40.3 Å². The van der Waals surface area contributed by atoms with E-state index in [1.807, 2.05) is 0 Å². The van der Waals surface area contributed by atoms with Gasteiger partial charge in [0, 0.05) is 4.47 Å². The minimum absolute atomic E-state index is 0.272. The number of carboxylic acids is 1. The average molecular weight is 506 g/mol. The number of benzene rings is 2. The minimum Gasteiger partial charge on any atom is -0.490 e. The average Bonchev–Trinajstić information content (AvgIpc) is 3.01. The topological polar surface area (TPSA) is 93.1 Å². The summed E-state index contributed by atoms with van der Waals surface area (Å²) in [6.07, 6.45) is 0.902. The first kappa shape index (κ1) is 22.9. The Kier molecular flexibility index (Phi) is 7.40. The van der Waals surface area contributed by atoms with Gasteiger partial charge >= 0.3 is 5.97 Å². The van der Waals surface area contributed by atoms with Crippen LogP contribution in [0.4, 0.5) is 10.5 Å².